The average Bonchev–Trinajstić information content (AvgIpc) is 2.38. The van der Waals surface area contributed by atoms with Gasteiger partial charge in [0, 0.05) is 0 Å². The summed E-state index contributed by atoms with van der Waals surface area (Å²) < 4.78 is 18.0. The molecule has 0 radical (unpaired) electrons. The molecule has 0 saturated carbocycles. The summed E-state index contributed by atoms with van der Waals surface area (Å²) in [5, 5.41) is 0. The van der Waals surface area contributed by atoms with Gasteiger partial charge in [-0.25, -0.2) is 0 Å². The molecule has 0 aromatic heterocycles. The minimum absolute atomic E-state index is 0.286. The second kappa shape index (κ2) is 13.7. The molecule has 0 aromatic rings. The summed E-state index contributed by atoms with van der Waals surface area (Å²) in [6.07, 6.45) is 11.3. The topological polar surface area (TPSA) is 26.3 Å². The highest BCUT2D eigenvalue weighted by Crippen LogP contribution is 2.26. The third-order valence-corrected chi connectivity index (χ3v) is 4.94. The highest BCUT2D eigenvalue weighted by atomic mass is 31.1. The summed E-state index contributed by atoms with van der Waals surface area (Å²) in [5.74, 6) is 1.29. The van der Waals surface area contributed by atoms with Gasteiger partial charge < -0.3 is 4.74 Å². The Morgan fingerprint density at radius 1 is 0.857 bits per heavy atom. The van der Waals surface area contributed by atoms with Crippen molar-refractivity contribution in [3.05, 3.63) is 0 Å². The molecule has 0 amide bonds. The van der Waals surface area contributed by atoms with Crippen molar-refractivity contribution in [1.82, 2.24) is 0 Å². The van der Waals surface area contributed by atoms with Crippen molar-refractivity contribution in [1.29, 1.82) is 0 Å². The molecule has 0 saturated heterocycles. The maximum absolute atomic E-state index is 12.0. The number of ether oxygens (including phenoxy) is 1. The first-order valence-electron chi connectivity index (χ1n) is 8.99. The maximum atomic E-state index is 12.0. The molecule has 0 spiro atoms. The van der Waals surface area contributed by atoms with Crippen LogP contribution in [-0.4, -0.2) is 18.6 Å². The van der Waals surface area contributed by atoms with Gasteiger partial charge in [-0.1, -0.05) is 64.9 Å². The van der Waals surface area contributed by atoms with E-state index in [4.69, 9.17) is 4.74 Å². The second-order valence-corrected chi connectivity index (χ2v) is 8.82. The summed E-state index contributed by atoms with van der Waals surface area (Å²) in [7, 11) is -1.16. The lowest BCUT2D eigenvalue weighted by Gasteiger charge is -2.19. The van der Waals surface area contributed by atoms with Gasteiger partial charge in [-0.15, -0.1) is 0 Å². The third-order valence-electron chi connectivity index (χ3n) is 3.68. The van der Waals surface area contributed by atoms with Crippen molar-refractivity contribution in [2.45, 2.75) is 92.1 Å². The summed E-state index contributed by atoms with van der Waals surface area (Å²) >= 11 is 0. The molecular formula is C18H38O2P+. The Kier molecular flexibility index (Phi) is 13.7. The van der Waals surface area contributed by atoms with Crippen LogP contribution in [0.15, 0.2) is 0 Å². The van der Waals surface area contributed by atoms with Gasteiger partial charge in [0.05, 0.1) is 6.10 Å². The van der Waals surface area contributed by atoms with E-state index in [1.165, 1.54) is 32.1 Å². The Morgan fingerprint density at radius 3 is 1.90 bits per heavy atom. The van der Waals surface area contributed by atoms with Crippen LogP contribution in [0.4, 0.5) is 0 Å². The highest BCUT2D eigenvalue weighted by molar-refractivity contribution is 7.44. The Bertz CT molecular complexity index is 242. The molecule has 0 heterocycles. The molecule has 0 rings (SSSR count). The summed E-state index contributed by atoms with van der Waals surface area (Å²) in [6.45, 7) is 11.2. The summed E-state index contributed by atoms with van der Waals surface area (Å²) in [5.41, 5.74) is 0. The number of unbranched alkanes of at least 4 members (excludes halogenated alkanes) is 5. The molecule has 0 aliphatic heterocycles. The van der Waals surface area contributed by atoms with E-state index in [9.17, 15) is 4.57 Å². The fraction of sp³-hybridized carbons (Fsp3) is 1.00. The third kappa shape index (κ3) is 14.8. The molecule has 0 N–H and O–H groups in total. The SMILES string of the molecule is CCCCCCCC[P+](=O)COC(CC(C)C)CC(C)C. The minimum Gasteiger partial charge on any atom is -0.334 e. The largest absolute Gasteiger partial charge is 0.366 e. The van der Waals surface area contributed by atoms with Crippen molar-refractivity contribution >= 4 is 7.80 Å². The van der Waals surface area contributed by atoms with Gasteiger partial charge in [0.2, 0.25) is 6.35 Å². The average molecular weight is 317 g/mol. The molecule has 0 aliphatic carbocycles. The van der Waals surface area contributed by atoms with E-state index in [1.54, 1.807) is 0 Å². The first-order valence-corrected chi connectivity index (χ1v) is 10.6. The van der Waals surface area contributed by atoms with E-state index < -0.39 is 7.80 Å². The van der Waals surface area contributed by atoms with Crippen molar-refractivity contribution in [3.63, 3.8) is 0 Å². The highest BCUT2D eigenvalue weighted by Gasteiger charge is 2.20. The molecule has 126 valence electrons. The van der Waals surface area contributed by atoms with Crippen LogP contribution in [0, 0.1) is 11.8 Å². The van der Waals surface area contributed by atoms with Crippen LogP contribution < -0.4 is 0 Å². The Morgan fingerprint density at radius 2 is 1.38 bits per heavy atom. The summed E-state index contributed by atoms with van der Waals surface area (Å²) in [4.78, 5) is 0. The molecule has 0 bridgehead atoms. The van der Waals surface area contributed by atoms with Crippen molar-refractivity contribution < 1.29 is 9.30 Å². The quantitative estimate of drug-likeness (QED) is 0.266. The molecule has 2 nitrogen and oxygen atoms in total. The Balaban J connectivity index is 3.75. The van der Waals surface area contributed by atoms with Gasteiger partial charge in [-0.05, 0) is 37.5 Å². The predicted molar refractivity (Wildman–Crippen MR) is 94.5 cm³/mol. The lowest BCUT2D eigenvalue weighted by atomic mass is 9.98. The van der Waals surface area contributed by atoms with E-state index in [0.717, 1.165) is 25.4 Å². The molecule has 3 heteroatoms. The zero-order valence-corrected chi connectivity index (χ0v) is 16.0. The lowest BCUT2D eigenvalue weighted by molar-refractivity contribution is 0.0539. The molecule has 0 aliphatic rings. The maximum Gasteiger partial charge on any atom is 0.366 e. The number of hydrogen-bond acceptors (Lipinski definition) is 2. The van der Waals surface area contributed by atoms with Crippen LogP contribution >= 0.6 is 7.80 Å². The fourth-order valence-electron chi connectivity index (χ4n) is 2.61. The Hall–Kier alpha value is 0.0600. The molecule has 0 fully saturated rings. The fourth-order valence-corrected chi connectivity index (χ4v) is 3.69. The van der Waals surface area contributed by atoms with E-state index in [1.807, 2.05) is 0 Å². The van der Waals surface area contributed by atoms with Gasteiger partial charge >= 0.3 is 7.80 Å². The first kappa shape index (κ1) is 21.1. The van der Waals surface area contributed by atoms with Crippen LogP contribution in [0.5, 0.6) is 0 Å². The second-order valence-electron chi connectivity index (χ2n) is 7.15. The van der Waals surface area contributed by atoms with Crippen LogP contribution in [0.25, 0.3) is 0 Å². The number of rotatable bonds is 14. The smallest absolute Gasteiger partial charge is 0.334 e. The van der Waals surface area contributed by atoms with Crippen molar-refractivity contribution in [3.8, 4) is 0 Å². The van der Waals surface area contributed by atoms with E-state index >= 15 is 0 Å². The lowest BCUT2D eigenvalue weighted by Crippen LogP contribution is -2.18. The first-order chi connectivity index (χ1) is 9.95. The van der Waals surface area contributed by atoms with Gasteiger partial charge in [0.15, 0.2) is 0 Å². The van der Waals surface area contributed by atoms with Crippen LogP contribution in [0.2, 0.25) is 0 Å². The Labute approximate surface area is 134 Å². The van der Waals surface area contributed by atoms with Crippen LogP contribution in [-0.2, 0) is 9.30 Å². The van der Waals surface area contributed by atoms with Gasteiger partial charge in [0.1, 0.15) is 6.16 Å². The van der Waals surface area contributed by atoms with Gasteiger partial charge in [0.25, 0.3) is 0 Å². The zero-order chi connectivity index (χ0) is 16.1. The van der Waals surface area contributed by atoms with Crippen LogP contribution in [0.1, 0.15) is 86.0 Å². The van der Waals surface area contributed by atoms with E-state index in [2.05, 4.69) is 34.6 Å². The molecule has 1 unspecified atom stereocenters. The standard InChI is InChI=1S/C18H38O2P/c1-6-7-8-9-10-11-12-21(19)15-20-18(13-16(2)3)14-17(4)5/h16-18H,6-15H2,1-5H3/q+1. The van der Waals surface area contributed by atoms with Crippen LogP contribution in [0.3, 0.4) is 0 Å². The van der Waals surface area contributed by atoms with Gasteiger partial charge in [-0.2, -0.15) is 0 Å². The minimum atomic E-state index is -1.16. The van der Waals surface area contributed by atoms with Gasteiger partial charge in [-0.3, -0.25) is 0 Å². The number of hydrogen-bond donors (Lipinski definition) is 0. The predicted octanol–water partition coefficient (Wildman–Crippen LogP) is 6.61. The summed E-state index contributed by atoms with van der Waals surface area (Å²) in [6, 6.07) is 0. The molecule has 0 aromatic carbocycles. The van der Waals surface area contributed by atoms with E-state index in [-0.39, 0.29) is 6.10 Å². The van der Waals surface area contributed by atoms with E-state index in [0.29, 0.717) is 18.2 Å². The zero-order valence-electron chi connectivity index (χ0n) is 15.1. The van der Waals surface area contributed by atoms with Crippen molar-refractivity contribution in [2.24, 2.45) is 11.8 Å². The normalized spacial score (nSPS) is 12.7. The monoisotopic (exact) mass is 317 g/mol. The molecular weight excluding hydrogens is 279 g/mol. The molecule has 1 atom stereocenters. The van der Waals surface area contributed by atoms with Crippen molar-refractivity contribution in [2.75, 3.05) is 12.5 Å². The molecule has 21 heavy (non-hydrogen) atoms.